The summed E-state index contributed by atoms with van der Waals surface area (Å²) in [5.74, 6) is -1.85. The van der Waals surface area contributed by atoms with Crippen LogP contribution in [0.15, 0.2) is 30.3 Å². The number of carbonyl (C=O) groups excluding carboxylic acids is 2. The number of carbonyl (C=O) groups is 2. The first kappa shape index (κ1) is 17.4. The molecule has 2 aromatic carbocycles. The predicted octanol–water partition coefficient (Wildman–Crippen LogP) is 4.39. The Hall–Kier alpha value is -1.95. The molecule has 0 aromatic heterocycles. The molecule has 2 rings (SSSR count). The van der Waals surface area contributed by atoms with Crippen molar-refractivity contribution in [2.75, 3.05) is 12.4 Å². The highest BCUT2D eigenvalue weighted by Crippen LogP contribution is 2.33. The Morgan fingerprint density at radius 1 is 1.09 bits per heavy atom. The molecule has 0 saturated heterocycles. The van der Waals surface area contributed by atoms with Gasteiger partial charge in [0.15, 0.2) is 5.75 Å². The molecular weight excluding hydrogens is 365 g/mol. The second kappa shape index (κ2) is 7.08. The summed E-state index contributed by atoms with van der Waals surface area (Å²) in [4.78, 5) is 23.9. The number of anilines is 1. The van der Waals surface area contributed by atoms with Crippen molar-refractivity contribution < 1.29 is 19.4 Å². The van der Waals surface area contributed by atoms with Gasteiger partial charge in [0.25, 0.3) is 5.91 Å². The number of methoxy groups -OCH3 is 1. The van der Waals surface area contributed by atoms with Crippen molar-refractivity contribution in [2.45, 2.75) is 0 Å². The van der Waals surface area contributed by atoms with Crippen LogP contribution in [0.25, 0.3) is 0 Å². The van der Waals surface area contributed by atoms with Crippen molar-refractivity contribution >= 4 is 52.4 Å². The van der Waals surface area contributed by atoms with Gasteiger partial charge < -0.3 is 15.2 Å². The number of phenolic OH excluding ortho intramolecular Hbond substituents is 1. The molecule has 0 heterocycles. The molecule has 120 valence electrons. The van der Waals surface area contributed by atoms with E-state index < -0.39 is 17.6 Å². The zero-order chi connectivity index (χ0) is 17.1. The summed E-state index contributed by atoms with van der Waals surface area (Å²) < 4.78 is 4.54. The third-order valence-corrected chi connectivity index (χ3v) is 4.08. The molecule has 5 nitrogen and oxygen atoms in total. The summed E-state index contributed by atoms with van der Waals surface area (Å²) in [7, 11) is 1.18. The van der Waals surface area contributed by atoms with Crippen LogP contribution in [0.2, 0.25) is 15.1 Å². The average molecular weight is 375 g/mol. The molecule has 0 spiro atoms. The largest absolute Gasteiger partial charge is 0.505 e. The van der Waals surface area contributed by atoms with Crippen molar-refractivity contribution in [3.63, 3.8) is 0 Å². The highest BCUT2D eigenvalue weighted by molar-refractivity contribution is 6.46. The molecule has 0 aliphatic rings. The lowest BCUT2D eigenvalue weighted by molar-refractivity contribution is 0.0597. The Labute approximate surface area is 146 Å². The minimum absolute atomic E-state index is 0.00464. The predicted molar refractivity (Wildman–Crippen MR) is 88.9 cm³/mol. The zero-order valence-corrected chi connectivity index (χ0v) is 14.0. The summed E-state index contributed by atoms with van der Waals surface area (Å²) in [5.41, 5.74) is -0.123. The molecule has 0 aliphatic carbocycles. The van der Waals surface area contributed by atoms with E-state index in [1.165, 1.54) is 37.4 Å². The van der Waals surface area contributed by atoms with Gasteiger partial charge >= 0.3 is 5.97 Å². The SMILES string of the molecule is COC(=O)c1cccc(NC(=O)c2c(Cl)ccc(Cl)c2Cl)c1O. The zero-order valence-electron chi connectivity index (χ0n) is 11.7. The van der Waals surface area contributed by atoms with Crippen LogP contribution >= 0.6 is 34.8 Å². The monoisotopic (exact) mass is 373 g/mol. The number of para-hydroxylation sites is 1. The van der Waals surface area contributed by atoms with E-state index in [2.05, 4.69) is 10.1 Å². The smallest absolute Gasteiger partial charge is 0.341 e. The third-order valence-electron chi connectivity index (χ3n) is 2.96. The molecule has 0 atom stereocenters. The molecule has 0 unspecified atom stereocenters. The lowest BCUT2D eigenvalue weighted by Crippen LogP contribution is -2.14. The Bertz CT molecular complexity index is 793. The van der Waals surface area contributed by atoms with Crippen molar-refractivity contribution in [2.24, 2.45) is 0 Å². The fourth-order valence-electron chi connectivity index (χ4n) is 1.84. The Morgan fingerprint density at radius 2 is 1.74 bits per heavy atom. The van der Waals surface area contributed by atoms with E-state index in [0.717, 1.165) is 0 Å². The van der Waals surface area contributed by atoms with Gasteiger partial charge in [-0.25, -0.2) is 4.79 Å². The van der Waals surface area contributed by atoms with Crippen LogP contribution in [0.4, 0.5) is 5.69 Å². The minimum atomic E-state index is -0.739. The van der Waals surface area contributed by atoms with Crippen LogP contribution in [0.3, 0.4) is 0 Å². The number of rotatable bonds is 3. The van der Waals surface area contributed by atoms with E-state index in [0.29, 0.717) is 0 Å². The molecular formula is C15H10Cl3NO4. The van der Waals surface area contributed by atoms with Gasteiger partial charge in [0.1, 0.15) is 5.56 Å². The number of phenols is 1. The summed E-state index contributed by atoms with van der Waals surface area (Å²) in [6.07, 6.45) is 0. The number of aromatic hydroxyl groups is 1. The maximum Gasteiger partial charge on any atom is 0.341 e. The van der Waals surface area contributed by atoms with E-state index >= 15 is 0 Å². The van der Waals surface area contributed by atoms with Crippen LogP contribution in [0, 0.1) is 0 Å². The average Bonchev–Trinajstić information content (AvgIpc) is 2.52. The van der Waals surface area contributed by atoms with Gasteiger partial charge in [-0.05, 0) is 24.3 Å². The van der Waals surface area contributed by atoms with Crippen molar-refractivity contribution in [3.8, 4) is 5.75 Å². The number of esters is 1. The fourth-order valence-corrected chi connectivity index (χ4v) is 2.54. The van der Waals surface area contributed by atoms with Crippen LogP contribution in [0.5, 0.6) is 5.75 Å². The number of hydrogen-bond acceptors (Lipinski definition) is 4. The van der Waals surface area contributed by atoms with E-state index in [9.17, 15) is 14.7 Å². The van der Waals surface area contributed by atoms with Crippen LogP contribution in [0.1, 0.15) is 20.7 Å². The quantitative estimate of drug-likeness (QED) is 0.474. The molecule has 0 radical (unpaired) electrons. The topological polar surface area (TPSA) is 75.6 Å². The van der Waals surface area contributed by atoms with Gasteiger partial charge in [-0.3, -0.25) is 4.79 Å². The van der Waals surface area contributed by atoms with Crippen molar-refractivity contribution in [3.05, 3.63) is 56.5 Å². The van der Waals surface area contributed by atoms with Gasteiger partial charge in [0, 0.05) is 0 Å². The van der Waals surface area contributed by atoms with Crippen molar-refractivity contribution in [1.29, 1.82) is 0 Å². The number of nitrogens with one attached hydrogen (secondary N) is 1. The first-order chi connectivity index (χ1) is 10.9. The van der Waals surface area contributed by atoms with Crippen LogP contribution in [-0.2, 0) is 4.74 Å². The minimum Gasteiger partial charge on any atom is -0.505 e. The van der Waals surface area contributed by atoms with Gasteiger partial charge in [0.05, 0.1) is 33.4 Å². The normalized spacial score (nSPS) is 10.3. The lowest BCUT2D eigenvalue weighted by Gasteiger charge is -2.12. The molecule has 0 fully saturated rings. The summed E-state index contributed by atoms with van der Waals surface area (Å²) in [6.45, 7) is 0. The fraction of sp³-hybridized carbons (Fsp3) is 0.0667. The Balaban J connectivity index is 2.39. The number of ether oxygens (including phenoxy) is 1. The highest BCUT2D eigenvalue weighted by Gasteiger charge is 2.20. The Kier molecular flexibility index (Phi) is 5.36. The molecule has 8 heteroatoms. The van der Waals surface area contributed by atoms with Crippen molar-refractivity contribution in [1.82, 2.24) is 0 Å². The summed E-state index contributed by atoms with van der Waals surface area (Å²) in [6, 6.07) is 7.12. The second-order valence-electron chi connectivity index (χ2n) is 4.37. The molecule has 23 heavy (non-hydrogen) atoms. The van der Waals surface area contributed by atoms with Crippen LogP contribution < -0.4 is 5.32 Å². The summed E-state index contributed by atoms with van der Waals surface area (Å²) in [5, 5.41) is 12.7. The lowest BCUT2D eigenvalue weighted by atomic mass is 10.1. The third kappa shape index (κ3) is 3.52. The standard InChI is InChI=1S/C15H10Cl3NO4/c1-23-15(22)7-3-2-4-10(13(7)20)19-14(21)11-8(16)5-6-9(17)12(11)18/h2-6,20H,1H3,(H,19,21). The first-order valence-corrected chi connectivity index (χ1v) is 7.35. The van der Waals surface area contributed by atoms with Gasteiger partial charge in [-0.15, -0.1) is 0 Å². The van der Waals surface area contributed by atoms with Gasteiger partial charge in [0.2, 0.25) is 0 Å². The number of amides is 1. The summed E-state index contributed by atoms with van der Waals surface area (Å²) >= 11 is 17.8. The molecule has 0 bridgehead atoms. The van der Waals surface area contributed by atoms with E-state index in [-0.39, 0.29) is 31.9 Å². The Morgan fingerprint density at radius 3 is 2.39 bits per heavy atom. The van der Waals surface area contributed by atoms with E-state index in [1.54, 1.807) is 0 Å². The molecule has 1 amide bonds. The highest BCUT2D eigenvalue weighted by atomic mass is 35.5. The van der Waals surface area contributed by atoms with Gasteiger partial charge in [-0.1, -0.05) is 40.9 Å². The second-order valence-corrected chi connectivity index (χ2v) is 5.56. The number of benzene rings is 2. The molecule has 0 aliphatic heterocycles. The van der Waals surface area contributed by atoms with E-state index in [1.807, 2.05) is 0 Å². The van der Waals surface area contributed by atoms with Crippen LogP contribution in [-0.4, -0.2) is 24.1 Å². The molecule has 2 N–H and O–H groups in total. The van der Waals surface area contributed by atoms with Gasteiger partial charge in [-0.2, -0.15) is 0 Å². The van der Waals surface area contributed by atoms with E-state index in [4.69, 9.17) is 34.8 Å². The maximum absolute atomic E-state index is 12.3. The molecule has 0 saturated carbocycles. The number of hydrogen-bond donors (Lipinski definition) is 2. The maximum atomic E-state index is 12.3. The molecule has 2 aromatic rings. The number of halogens is 3. The first-order valence-electron chi connectivity index (χ1n) is 6.22.